The predicted molar refractivity (Wildman–Crippen MR) is 110 cm³/mol. The van der Waals surface area contributed by atoms with Gasteiger partial charge >= 0.3 is 5.97 Å². The van der Waals surface area contributed by atoms with Crippen LogP contribution >= 0.6 is 24.0 Å². The molecule has 3 rings (SSSR count). The van der Waals surface area contributed by atoms with E-state index in [-0.39, 0.29) is 12.0 Å². The second kappa shape index (κ2) is 9.40. The van der Waals surface area contributed by atoms with E-state index in [0.717, 1.165) is 25.0 Å². The fourth-order valence-electron chi connectivity index (χ4n) is 2.94. The van der Waals surface area contributed by atoms with Crippen molar-refractivity contribution in [3.05, 3.63) is 28.7 Å². The Morgan fingerprint density at radius 3 is 2.93 bits per heavy atom. The maximum atomic E-state index is 12.7. The highest BCUT2D eigenvalue weighted by Crippen LogP contribution is 2.35. The molecule has 0 bridgehead atoms. The van der Waals surface area contributed by atoms with Crippen molar-refractivity contribution >= 4 is 46.3 Å². The summed E-state index contributed by atoms with van der Waals surface area (Å²) in [5, 5.41) is 8.78. The highest BCUT2D eigenvalue weighted by molar-refractivity contribution is 8.26. The first-order chi connectivity index (χ1) is 13.5. The van der Waals surface area contributed by atoms with Crippen molar-refractivity contribution in [2.45, 2.75) is 25.9 Å². The molecule has 0 saturated carbocycles. The summed E-state index contributed by atoms with van der Waals surface area (Å²) in [6.07, 6.45) is 3.73. The van der Waals surface area contributed by atoms with E-state index >= 15 is 0 Å². The Labute approximate surface area is 172 Å². The molecule has 0 unspecified atom stereocenters. The number of aliphatic carboxylic acids is 1. The number of thioether (sulfide) groups is 1. The first-order valence-corrected chi connectivity index (χ1v) is 10.2. The lowest BCUT2D eigenvalue weighted by atomic mass is 10.1. The molecule has 1 aromatic carbocycles. The van der Waals surface area contributed by atoms with E-state index in [1.54, 1.807) is 29.2 Å². The summed E-state index contributed by atoms with van der Waals surface area (Å²) < 4.78 is 16.9. The van der Waals surface area contributed by atoms with Crippen molar-refractivity contribution in [2.24, 2.45) is 0 Å². The van der Waals surface area contributed by atoms with Gasteiger partial charge in [-0.05, 0) is 43.5 Å². The van der Waals surface area contributed by atoms with Crippen LogP contribution in [0.3, 0.4) is 0 Å². The standard InChI is InChI=1S/C19H21NO6S2/c1-2-24-15-8-12(5-6-14(15)26-11-17(21)22)9-16-18(23)20(19(27)28-16)10-13-4-3-7-25-13/h5-6,8-9,13H,2-4,7,10-11H2,1H3,(H,21,22)/b16-9-/t13-/m1/s1. The van der Waals surface area contributed by atoms with Gasteiger partial charge < -0.3 is 19.3 Å². The minimum absolute atomic E-state index is 0.0390. The van der Waals surface area contributed by atoms with Crippen LogP contribution in [0.15, 0.2) is 23.1 Å². The number of ether oxygens (including phenoxy) is 3. The molecular weight excluding hydrogens is 402 g/mol. The molecule has 0 spiro atoms. The average Bonchev–Trinajstić information content (AvgIpc) is 3.26. The first-order valence-electron chi connectivity index (χ1n) is 8.96. The molecule has 9 heteroatoms. The maximum Gasteiger partial charge on any atom is 0.341 e. The second-order valence-corrected chi connectivity index (χ2v) is 7.92. The van der Waals surface area contributed by atoms with E-state index in [2.05, 4.69) is 0 Å². The predicted octanol–water partition coefficient (Wildman–Crippen LogP) is 2.93. The number of hydrogen-bond acceptors (Lipinski definition) is 7. The van der Waals surface area contributed by atoms with Crippen molar-refractivity contribution in [1.82, 2.24) is 4.90 Å². The quantitative estimate of drug-likeness (QED) is 0.505. The second-order valence-electron chi connectivity index (χ2n) is 6.25. The van der Waals surface area contributed by atoms with Gasteiger partial charge in [0.1, 0.15) is 4.32 Å². The fraction of sp³-hybridized carbons (Fsp3) is 0.421. The highest BCUT2D eigenvalue weighted by Gasteiger charge is 2.34. The van der Waals surface area contributed by atoms with Gasteiger partial charge in [0.05, 0.1) is 24.2 Å². The fourth-order valence-corrected chi connectivity index (χ4v) is 4.22. The summed E-state index contributed by atoms with van der Waals surface area (Å²) in [4.78, 5) is 25.6. The van der Waals surface area contributed by atoms with Crippen LogP contribution in [0, 0.1) is 0 Å². The number of amides is 1. The zero-order valence-electron chi connectivity index (χ0n) is 15.4. The number of carbonyl (C=O) groups is 2. The number of rotatable bonds is 8. The summed E-state index contributed by atoms with van der Waals surface area (Å²) in [6, 6.07) is 5.09. The Bertz CT molecular complexity index is 804. The van der Waals surface area contributed by atoms with Crippen LogP contribution in [0.1, 0.15) is 25.3 Å². The largest absolute Gasteiger partial charge is 0.490 e. The van der Waals surface area contributed by atoms with E-state index in [9.17, 15) is 9.59 Å². The molecule has 2 saturated heterocycles. The normalized spacial score (nSPS) is 20.8. The van der Waals surface area contributed by atoms with Crippen LogP contribution in [0.25, 0.3) is 6.08 Å². The van der Waals surface area contributed by atoms with Crippen LogP contribution in [0.4, 0.5) is 0 Å². The zero-order chi connectivity index (χ0) is 20.1. The molecule has 0 aromatic heterocycles. The van der Waals surface area contributed by atoms with E-state index in [1.165, 1.54) is 11.8 Å². The van der Waals surface area contributed by atoms with E-state index < -0.39 is 12.6 Å². The van der Waals surface area contributed by atoms with Crippen molar-refractivity contribution in [1.29, 1.82) is 0 Å². The van der Waals surface area contributed by atoms with Gasteiger partial charge in [-0.3, -0.25) is 9.69 Å². The van der Waals surface area contributed by atoms with Gasteiger partial charge in [0, 0.05) is 6.61 Å². The minimum atomic E-state index is -1.07. The Morgan fingerprint density at radius 1 is 1.43 bits per heavy atom. The molecule has 1 atom stereocenters. The summed E-state index contributed by atoms with van der Waals surface area (Å²) in [7, 11) is 0. The molecule has 2 aliphatic rings. The first kappa shape index (κ1) is 20.6. The van der Waals surface area contributed by atoms with Gasteiger partial charge in [-0.25, -0.2) is 4.79 Å². The summed E-state index contributed by atoms with van der Waals surface area (Å²) in [5.41, 5.74) is 0.740. The number of hydrogen-bond donors (Lipinski definition) is 1. The van der Waals surface area contributed by atoms with E-state index in [0.29, 0.717) is 33.9 Å². The van der Waals surface area contributed by atoms with Gasteiger partial charge in [0.25, 0.3) is 5.91 Å². The molecular formula is C19H21NO6S2. The molecule has 2 aliphatic heterocycles. The molecule has 7 nitrogen and oxygen atoms in total. The number of thiocarbonyl (C=S) groups is 1. The van der Waals surface area contributed by atoms with Crippen LogP contribution < -0.4 is 9.47 Å². The third kappa shape index (κ3) is 5.03. The van der Waals surface area contributed by atoms with Crippen LogP contribution in [0.5, 0.6) is 11.5 Å². The Kier molecular flexibility index (Phi) is 6.93. The summed E-state index contributed by atoms with van der Waals surface area (Å²) >= 11 is 6.63. The molecule has 1 aromatic rings. The molecule has 28 heavy (non-hydrogen) atoms. The monoisotopic (exact) mass is 423 g/mol. The molecule has 0 radical (unpaired) electrons. The molecule has 150 valence electrons. The number of carboxylic acid groups (broad SMARTS) is 1. The lowest BCUT2D eigenvalue weighted by molar-refractivity contribution is -0.139. The summed E-state index contributed by atoms with van der Waals surface area (Å²) in [6.45, 7) is 2.97. The van der Waals surface area contributed by atoms with Crippen molar-refractivity contribution < 1.29 is 28.9 Å². The topological polar surface area (TPSA) is 85.3 Å². The number of benzene rings is 1. The lowest BCUT2D eigenvalue weighted by Crippen LogP contribution is -2.35. The third-order valence-corrected chi connectivity index (χ3v) is 5.58. The van der Waals surface area contributed by atoms with Crippen molar-refractivity contribution in [3.8, 4) is 11.5 Å². The molecule has 2 fully saturated rings. The number of carbonyl (C=O) groups excluding carboxylic acids is 1. The van der Waals surface area contributed by atoms with Crippen molar-refractivity contribution in [3.63, 3.8) is 0 Å². The molecule has 2 heterocycles. The Morgan fingerprint density at radius 2 is 2.25 bits per heavy atom. The smallest absolute Gasteiger partial charge is 0.341 e. The highest BCUT2D eigenvalue weighted by atomic mass is 32.2. The maximum absolute atomic E-state index is 12.7. The summed E-state index contributed by atoms with van der Waals surface area (Å²) in [5.74, 6) is -0.434. The SMILES string of the molecule is CCOc1cc(/C=C2\SC(=S)N(C[C@H]3CCCO3)C2=O)ccc1OCC(=O)O. The molecule has 1 amide bonds. The Balaban J connectivity index is 1.76. The average molecular weight is 424 g/mol. The van der Waals surface area contributed by atoms with Gasteiger partial charge in [-0.15, -0.1) is 0 Å². The number of nitrogens with zero attached hydrogens (tertiary/aromatic N) is 1. The third-order valence-electron chi connectivity index (χ3n) is 4.20. The van der Waals surface area contributed by atoms with E-state index in [1.807, 2.05) is 6.92 Å². The van der Waals surface area contributed by atoms with Crippen molar-refractivity contribution in [2.75, 3.05) is 26.4 Å². The Hall–Kier alpha value is -2.10. The zero-order valence-corrected chi connectivity index (χ0v) is 17.0. The van der Waals surface area contributed by atoms with Crippen LogP contribution in [0.2, 0.25) is 0 Å². The molecule has 1 N–H and O–H groups in total. The minimum Gasteiger partial charge on any atom is -0.490 e. The van der Waals surface area contributed by atoms with Gasteiger partial charge in [-0.1, -0.05) is 30.0 Å². The van der Waals surface area contributed by atoms with Gasteiger partial charge in [0.15, 0.2) is 18.1 Å². The van der Waals surface area contributed by atoms with Gasteiger partial charge in [0.2, 0.25) is 0 Å². The lowest BCUT2D eigenvalue weighted by Gasteiger charge is -2.18. The van der Waals surface area contributed by atoms with E-state index in [4.69, 9.17) is 31.5 Å². The van der Waals surface area contributed by atoms with Gasteiger partial charge in [-0.2, -0.15) is 0 Å². The van der Waals surface area contributed by atoms with Crippen LogP contribution in [-0.2, 0) is 14.3 Å². The van der Waals surface area contributed by atoms with Crippen LogP contribution in [-0.4, -0.2) is 58.7 Å². The molecule has 0 aliphatic carbocycles. The number of carboxylic acids is 1.